The average molecular weight is 385 g/mol. The molecule has 2 aromatic heterocycles. The molecule has 29 heavy (non-hydrogen) atoms. The molecular formula is C24H23N3O2. The fourth-order valence-electron chi connectivity index (χ4n) is 4.45. The van der Waals surface area contributed by atoms with E-state index in [4.69, 9.17) is 4.98 Å². The lowest BCUT2D eigenvalue weighted by molar-refractivity contribution is -0.114. The number of anilines is 1. The van der Waals surface area contributed by atoms with E-state index < -0.39 is 6.10 Å². The summed E-state index contributed by atoms with van der Waals surface area (Å²) in [4.78, 5) is 19.8. The van der Waals surface area contributed by atoms with E-state index in [1.807, 2.05) is 36.4 Å². The molecule has 1 amide bonds. The molecule has 0 saturated carbocycles. The number of benzene rings is 2. The summed E-state index contributed by atoms with van der Waals surface area (Å²) in [6.45, 7) is 1.51. The topological polar surface area (TPSA) is 78.0 Å². The second kappa shape index (κ2) is 7.01. The maximum Gasteiger partial charge on any atom is 0.221 e. The van der Waals surface area contributed by atoms with E-state index in [0.717, 1.165) is 69.3 Å². The van der Waals surface area contributed by atoms with Gasteiger partial charge in [0.2, 0.25) is 5.91 Å². The van der Waals surface area contributed by atoms with Gasteiger partial charge in [-0.25, -0.2) is 0 Å². The van der Waals surface area contributed by atoms with Gasteiger partial charge >= 0.3 is 0 Å². The number of pyridine rings is 1. The van der Waals surface area contributed by atoms with Crippen molar-refractivity contribution in [1.29, 1.82) is 0 Å². The largest absolute Gasteiger partial charge is 0.388 e. The third kappa shape index (κ3) is 3.17. The molecule has 5 heteroatoms. The quantitative estimate of drug-likeness (QED) is 0.481. The Morgan fingerprint density at radius 1 is 1.21 bits per heavy atom. The predicted molar refractivity (Wildman–Crippen MR) is 115 cm³/mol. The maximum atomic E-state index is 11.2. The van der Waals surface area contributed by atoms with E-state index in [1.54, 1.807) is 0 Å². The fourth-order valence-corrected chi connectivity index (χ4v) is 4.45. The van der Waals surface area contributed by atoms with E-state index in [-0.39, 0.29) is 5.91 Å². The number of amides is 1. The zero-order valence-corrected chi connectivity index (χ0v) is 16.3. The number of para-hydroxylation sites is 1. The van der Waals surface area contributed by atoms with Crippen molar-refractivity contribution in [2.24, 2.45) is 0 Å². The molecule has 0 radical (unpaired) electrons. The van der Waals surface area contributed by atoms with Crippen LogP contribution in [0.25, 0.3) is 21.8 Å². The number of carbonyl (C=O) groups excluding carboxylic acids is 1. The van der Waals surface area contributed by atoms with Crippen LogP contribution < -0.4 is 5.32 Å². The monoisotopic (exact) mass is 385 g/mol. The van der Waals surface area contributed by atoms with Crippen molar-refractivity contribution < 1.29 is 9.90 Å². The van der Waals surface area contributed by atoms with E-state index in [2.05, 4.69) is 22.4 Å². The number of nitrogens with one attached hydrogen (secondary N) is 2. The second-order valence-electron chi connectivity index (χ2n) is 7.80. The number of fused-ring (bicyclic) bond motifs is 5. The number of aromatic amines is 1. The number of nitrogens with zero attached hydrogens (tertiary/aromatic N) is 1. The molecule has 2 aromatic carbocycles. The van der Waals surface area contributed by atoms with Crippen LogP contribution in [0.4, 0.5) is 5.69 Å². The summed E-state index contributed by atoms with van der Waals surface area (Å²) in [5.41, 5.74) is 7.01. The van der Waals surface area contributed by atoms with Gasteiger partial charge in [-0.2, -0.15) is 0 Å². The van der Waals surface area contributed by atoms with E-state index in [0.29, 0.717) is 6.42 Å². The van der Waals surface area contributed by atoms with Crippen LogP contribution >= 0.6 is 0 Å². The maximum absolute atomic E-state index is 11.2. The predicted octanol–water partition coefficient (Wildman–Crippen LogP) is 4.64. The first-order chi connectivity index (χ1) is 14.1. The van der Waals surface area contributed by atoms with Crippen LogP contribution in [0, 0.1) is 0 Å². The van der Waals surface area contributed by atoms with Crippen molar-refractivity contribution in [2.75, 3.05) is 5.32 Å². The molecule has 0 saturated heterocycles. The third-order valence-electron chi connectivity index (χ3n) is 5.72. The van der Waals surface area contributed by atoms with Crippen LogP contribution in [-0.2, 0) is 17.6 Å². The summed E-state index contributed by atoms with van der Waals surface area (Å²) >= 11 is 0. The number of carbonyl (C=O) groups is 1. The number of rotatable bonds is 3. The minimum absolute atomic E-state index is 0.0764. The normalized spacial score (nSPS) is 16.1. The van der Waals surface area contributed by atoms with Gasteiger partial charge in [0.1, 0.15) is 0 Å². The third-order valence-corrected chi connectivity index (χ3v) is 5.72. The molecule has 1 aliphatic carbocycles. The van der Waals surface area contributed by atoms with Crippen LogP contribution in [0.1, 0.15) is 48.4 Å². The SMILES string of the molecule is CC(=O)Nc1ccc(Cc2nc3c(c4c2[nH]c2ccccc24)C(O)CCC3)cc1. The first-order valence-electron chi connectivity index (χ1n) is 10.1. The Morgan fingerprint density at radius 2 is 2.00 bits per heavy atom. The lowest BCUT2D eigenvalue weighted by Crippen LogP contribution is -2.13. The lowest BCUT2D eigenvalue weighted by Gasteiger charge is -2.23. The van der Waals surface area contributed by atoms with Gasteiger partial charge < -0.3 is 15.4 Å². The van der Waals surface area contributed by atoms with Gasteiger partial charge in [-0.3, -0.25) is 9.78 Å². The van der Waals surface area contributed by atoms with Crippen molar-refractivity contribution in [1.82, 2.24) is 9.97 Å². The highest BCUT2D eigenvalue weighted by Crippen LogP contribution is 2.39. The number of hydrogen-bond donors (Lipinski definition) is 3. The van der Waals surface area contributed by atoms with Gasteiger partial charge in [0.15, 0.2) is 0 Å². The smallest absolute Gasteiger partial charge is 0.221 e. The summed E-state index contributed by atoms with van der Waals surface area (Å²) in [7, 11) is 0. The summed E-state index contributed by atoms with van der Waals surface area (Å²) < 4.78 is 0. The van der Waals surface area contributed by atoms with Crippen LogP contribution in [0.2, 0.25) is 0 Å². The molecule has 1 atom stereocenters. The van der Waals surface area contributed by atoms with Crippen LogP contribution in [0.5, 0.6) is 0 Å². The molecule has 146 valence electrons. The summed E-state index contributed by atoms with van der Waals surface area (Å²) in [5, 5.41) is 15.8. The van der Waals surface area contributed by atoms with Crippen molar-refractivity contribution in [3.8, 4) is 0 Å². The minimum Gasteiger partial charge on any atom is -0.388 e. The van der Waals surface area contributed by atoms with Crippen molar-refractivity contribution in [3.63, 3.8) is 0 Å². The number of aliphatic hydroxyl groups excluding tert-OH is 1. The second-order valence-corrected chi connectivity index (χ2v) is 7.80. The van der Waals surface area contributed by atoms with Gasteiger partial charge in [-0.05, 0) is 43.0 Å². The molecule has 0 aliphatic heterocycles. The highest BCUT2D eigenvalue weighted by molar-refractivity contribution is 6.10. The van der Waals surface area contributed by atoms with Crippen LogP contribution in [0.3, 0.4) is 0 Å². The fraction of sp³-hybridized carbons (Fsp3) is 0.250. The molecular weight excluding hydrogens is 362 g/mol. The molecule has 1 aliphatic rings. The van der Waals surface area contributed by atoms with Crippen molar-refractivity contribution >= 4 is 33.4 Å². The van der Waals surface area contributed by atoms with E-state index in [1.165, 1.54) is 6.92 Å². The zero-order valence-electron chi connectivity index (χ0n) is 16.3. The van der Waals surface area contributed by atoms with Gasteiger partial charge in [0.25, 0.3) is 0 Å². The first-order valence-corrected chi connectivity index (χ1v) is 10.1. The average Bonchev–Trinajstić information content (AvgIpc) is 3.09. The number of aliphatic hydroxyl groups is 1. The van der Waals surface area contributed by atoms with Crippen molar-refractivity contribution in [3.05, 3.63) is 71.0 Å². The zero-order chi connectivity index (χ0) is 20.0. The standard InChI is InChI=1S/C24H23N3O2/c1-14(28)25-16-11-9-15(10-12-16)13-20-24-22(17-5-2-3-6-18(17)27-24)23-19(26-20)7-4-8-21(23)29/h2-3,5-6,9-12,21,27,29H,4,7-8,13H2,1H3,(H,25,28). The Kier molecular flexibility index (Phi) is 4.32. The molecule has 0 fully saturated rings. The number of aryl methyl sites for hydroxylation is 1. The Hall–Kier alpha value is -3.18. The van der Waals surface area contributed by atoms with Crippen LogP contribution in [-0.4, -0.2) is 21.0 Å². The van der Waals surface area contributed by atoms with Gasteiger partial charge in [0.05, 0.1) is 17.3 Å². The number of H-pyrrole nitrogens is 1. The number of aromatic nitrogens is 2. The summed E-state index contributed by atoms with van der Waals surface area (Å²) in [6.07, 6.45) is 2.87. The van der Waals surface area contributed by atoms with Crippen molar-refractivity contribution in [2.45, 2.75) is 38.7 Å². The number of hydrogen-bond acceptors (Lipinski definition) is 3. The highest BCUT2D eigenvalue weighted by atomic mass is 16.3. The van der Waals surface area contributed by atoms with E-state index in [9.17, 15) is 9.90 Å². The Bertz CT molecular complexity index is 1220. The summed E-state index contributed by atoms with van der Waals surface area (Å²) in [5.74, 6) is -0.0764. The Morgan fingerprint density at radius 3 is 2.79 bits per heavy atom. The molecule has 1 unspecified atom stereocenters. The minimum atomic E-state index is -0.459. The lowest BCUT2D eigenvalue weighted by atomic mass is 9.89. The van der Waals surface area contributed by atoms with Gasteiger partial charge in [0, 0.05) is 46.6 Å². The Balaban J connectivity index is 1.64. The van der Waals surface area contributed by atoms with Gasteiger partial charge in [-0.15, -0.1) is 0 Å². The molecule has 4 aromatic rings. The molecule has 0 bridgehead atoms. The Labute approximate surface area is 168 Å². The van der Waals surface area contributed by atoms with E-state index >= 15 is 0 Å². The molecule has 5 nitrogen and oxygen atoms in total. The first kappa shape index (κ1) is 17.9. The summed E-state index contributed by atoms with van der Waals surface area (Å²) in [6, 6.07) is 16.1. The highest BCUT2D eigenvalue weighted by Gasteiger charge is 2.26. The molecule has 2 heterocycles. The van der Waals surface area contributed by atoms with Gasteiger partial charge in [-0.1, -0.05) is 30.3 Å². The van der Waals surface area contributed by atoms with Crippen LogP contribution in [0.15, 0.2) is 48.5 Å². The molecule has 0 spiro atoms. The molecule has 3 N–H and O–H groups in total. The molecule has 5 rings (SSSR count).